The number of Topliss-reactive ketones (excluding diaryl/α,β-unsaturated/α-hetero) is 1. The molecule has 0 aliphatic heterocycles. The molecule has 0 saturated carbocycles. The van der Waals surface area contributed by atoms with Gasteiger partial charge in [0.25, 0.3) is 0 Å². The van der Waals surface area contributed by atoms with Crippen molar-refractivity contribution in [1.82, 2.24) is 4.90 Å². The fourth-order valence-electron chi connectivity index (χ4n) is 1.07. The van der Waals surface area contributed by atoms with Gasteiger partial charge in [-0.3, -0.25) is 9.69 Å². The van der Waals surface area contributed by atoms with E-state index in [4.69, 9.17) is 9.84 Å². The standard InChI is InChI=1S/C11H23NO3/c1-11(2,3)10(14)9-12(5-7-13)6-8-15-4/h13H,5-9H2,1-4H3. The average Bonchev–Trinajstić information content (AvgIpc) is 2.13. The molecule has 0 saturated heterocycles. The molecule has 15 heavy (non-hydrogen) atoms. The van der Waals surface area contributed by atoms with Gasteiger partial charge in [0.15, 0.2) is 5.78 Å². The Bertz CT molecular complexity index is 187. The van der Waals surface area contributed by atoms with Crippen LogP contribution in [0.2, 0.25) is 0 Å². The topological polar surface area (TPSA) is 49.8 Å². The fourth-order valence-corrected chi connectivity index (χ4v) is 1.07. The van der Waals surface area contributed by atoms with Crippen LogP contribution in [0, 0.1) is 5.41 Å². The summed E-state index contributed by atoms with van der Waals surface area (Å²) in [5.41, 5.74) is -0.319. The molecule has 0 aromatic rings. The van der Waals surface area contributed by atoms with Gasteiger partial charge in [0.05, 0.1) is 19.8 Å². The van der Waals surface area contributed by atoms with Crippen molar-refractivity contribution in [2.45, 2.75) is 20.8 Å². The van der Waals surface area contributed by atoms with E-state index in [-0.39, 0.29) is 17.8 Å². The van der Waals surface area contributed by atoms with E-state index in [1.165, 1.54) is 0 Å². The molecule has 0 aromatic carbocycles. The minimum atomic E-state index is -0.319. The van der Waals surface area contributed by atoms with E-state index in [0.29, 0.717) is 26.2 Å². The maximum absolute atomic E-state index is 11.7. The summed E-state index contributed by atoms with van der Waals surface area (Å²) in [6.45, 7) is 7.95. The van der Waals surface area contributed by atoms with Crippen LogP contribution in [0.15, 0.2) is 0 Å². The molecule has 0 fully saturated rings. The van der Waals surface area contributed by atoms with Crippen molar-refractivity contribution in [3.8, 4) is 0 Å². The minimum Gasteiger partial charge on any atom is -0.395 e. The van der Waals surface area contributed by atoms with Gasteiger partial charge in [-0.05, 0) is 0 Å². The summed E-state index contributed by atoms with van der Waals surface area (Å²) in [4.78, 5) is 13.7. The van der Waals surface area contributed by atoms with Crippen molar-refractivity contribution in [1.29, 1.82) is 0 Å². The maximum Gasteiger partial charge on any atom is 0.152 e. The lowest BCUT2D eigenvalue weighted by atomic mass is 9.90. The number of rotatable bonds is 7. The lowest BCUT2D eigenvalue weighted by Crippen LogP contribution is -2.39. The van der Waals surface area contributed by atoms with Gasteiger partial charge in [-0.2, -0.15) is 0 Å². The zero-order valence-electron chi connectivity index (χ0n) is 10.2. The first-order chi connectivity index (χ1) is 6.91. The molecule has 90 valence electrons. The number of hydrogen-bond acceptors (Lipinski definition) is 4. The lowest BCUT2D eigenvalue weighted by Gasteiger charge is -2.24. The van der Waals surface area contributed by atoms with Crippen LogP contribution < -0.4 is 0 Å². The smallest absolute Gasteiger partial charge is 0.152 e. The fraction of sp³-hybridized carbons (Fsp3) is 0.909. The number of hydrogen-bond donors (Lipinski definition) is 1. The molecule has 4 nitrogen and oxygen atoms in total. The van der Waals surface area contributed by atoms with Gasteiger partial charge >= 0.3 is 0 Å². The molecule has 0 rings (SSSR count). The van der Waals surface area contributed by atoms with Crippen LogP contribution in [-0.4, -0.2) is 55.7 Å². The highest BCUT2D eigenvalue weighted by atomic mass is 16.5. The van der Waals surface area contributed by atoms with Gasteiger partial charge < -0.3 is 9.84 Å². The zero-order valence-corrected chi connectivity index (χ0v) is 10.2. The predicted molar refractivity (Wildman–Crippen MR) is 59.9 cm³/mol. The summed E-state index contributed by atoms with van der Waals surface area (Å²) in [6, 6.07) is 0. The van der Waals surface area contributed by atoms with Crippen molar-refractivity contribution < 1.29 is 14.6 Å². The molecule has 0 aromatic heterocycles. The lowest BCUT2D eigenvalue weighted by molar-refractivity contribution is -0.127. The Morgan fingerprint density at radius 3 is 2.33 bits per heavy atom. The van der Waals surface area contributed by atoms with Crippen LogP contribution in [0.5, 0.6) is 0 Å². The first-order valence-corrected chi connectivity index (χ1v) is 5.27. The molecule has 0 atom stereocenters. The zero-order chi connectivity index (χ0) is 11.9. The summed E-state index contributed by atoms with van der Waals surface area (Å²) in [5.74, 6) is 0.187. The summed E-state index contributed by atoms with van der Waals surface area (Å²) < 4.78 is 4.95. The average molecular weight is 217 g/mol. The highest BCUT2D eigenvalue weighted by Gasteiger charge is 2.23. The van der Waals surface area contributed by atoms with Crippen LogP contribution in [-0.2, 0) is 9.53 Å². The summed E-state index contributed by atoms with van der Waals surface area (Å²) in [5, 5.41) is 8.86. The molecule has 0 heterocycles. The van der Waals surface area contributed by atoms with E-state index < -0.39 is 0 Å². The van der Waals surface area contributed by atoms with Crippen molar-refractivity contribution in [2.75, 3.05) is 40.0 Å². The van der Waals surface area contributed by atoms with Gasteiger partial charge in [0, 0.05) is 25.6 Å². The third-order valence-corrected chi connectivity index (χ3v) is 2.23. The highest BCUT2D eigenvalue weighted by Crippen LogP contribution is 2.14. The molecule has 0 bridgehead atoms. The quantitative estimate of drug-likeness (QED) is 0.676. The number of ether oxygens (including phenoxy) is 1. The second kappa shape index (κ2) is 6.93. The number of aliphatic hydroxyl groups excluding tert-OH is 1. The summed E-state index contributed by atoms with van der Waals surface area (Å²) >= 11 is 0. The van der Waals surface area contributed by atoms with E-state index in [2.05, 4.69) is 0 Å². The Kier molecular flexibility index (Phi) is 6.72. The van der Waals surface area contributed by atoms with Crippen molar-refractivity contribution in [3.05, 3.63) is 0 Å². The van der Waals surface area contributed by atoms with Gasteiger partial charge in [0.2, 0.25) is 0 Å². The molecule has 0 aliphatic rings. The molecule has 0 unspecified atom stereocenters. The van der Waals surface area contributed by atoms with Crippen LogP contribution in [0.1, 0.15) is 20.8 Å². The first-order valence-electron chi connectivity index (χ1n) is 5.27. The van der Waals surface area contributed by atoms with Crippen molar-refractivity contribution in [2.24, 2.45) is 5.41 Å². The number of carbonyl (C=O) groups is 1. The predicted octanol–water partition coefficient (Wildman–Crippen LogP) is 0.542. The van der Waals surface area contributed by atoms with E-state index in [0.717, 1.165) is 0 Å². The van der Waals surface area contributed by atoms with Crippen molar-refractivity contribution >= 4 is 5.78 Å². The van der Waals surface area contributed by atoms with E-state index in [1.807, 2.05) is 25.7 Å². The number of nitrogens with zero attached hydrogens (tertiary/aromatic N) is 1. The van der Waals surface area contributed by atoms with Crippen molar-refractivity contribution in [3.63, 3.8) is 0 Å². The van der Waals surface area contributed by atoms with Crippen LogP contribution >= 0.6 is 0 Å². The van der Waals surface area contributed by atoms with Crippen LogP contribution in [0.3, 0.4) is 0 Å². The summed E-state index contributed by atoms with van der Waals surface area (Å²) in [6.07, 6.45) is 0. The first kappa shape index (κ1) is 14.6. The Hall–Kier alpha value is -0.450. The van der Waals surface area contributed by atoms with Crippen LogP contribution in [0.25, 0.3) is 0 Å². The van der Waals surface area contributed by atoms with E-state index >= 15 is 0 Å². The second-order valence-corrected chi connectivity index (χ2v) is 4.67. The summed E-state index contributed by atoms with van der Waals surface area (Å²) in [7, 11) is 1.63. The van der Waals surface area contributed by atoms with Gasteiger partial charge in [-0.15, -0.1) is 0 Å². The number of aliphatic hydroxyl groups is 1. The largest absolute Gasteiger partial charge is 0.395 e. The second-order valence-electron chi connectivity index (χ2n) is 4.67. The number of carbonyl (C=O) groups excluding carboxylic acids is 1. The van der Waals surface area contributed by atoms with Gasteiger partial charge in [-0.25, -0.2) is 0 Å². The molecule has 0 radical (unpaired) electrons. The third-order valence-electron chi connectivity index (χ3n) is 2.23. The molecular weight excluding hydrogens is 194 g/mol. The van der Waals surface area contributed by atoms with E-state index in [1.54, 1.807) is 7.11 Å². The van der Waals surface area contributed by atoms with Crippen LogP contribution in [0.4, 0.5) is 0 Å². The molecule has 0 aliphatic carbocycles. The Morgan fingerprint density at radius 1 is 1.33 bits per heavy atom. The minimum absolute atomic E-state index is 0.0706. The Labute approximate surface area is 92.2 Å². The molecular formula is C11H23NO3. The van der Waals surface area contributed by atoms with Gasteiger partial charge in [0.1, 0.15) is 0 Å². The SMILES string of the molecule is COCCN(CCO)CC(=O)C(C)(C)C. The maximum atomic E-state index is 11.7. The Morgan fingerprint density at radius 2 is 1.93 bits per heavy atom. The number of methoxy groups -OCH3 is 1. The molecule has 1 N–H and O–H groups in total. The van der Waals surface area contributed by atoms with E-state index in [9.17, 15) is 4.79 Å². The molecule has 4 heteroatoms. The highest BCUT2D eigenvalue weighted by molar-refractivity contribution is 5.85. The molecule has 0 amide bonds. The Balaban J connectivity index is 4.09. The number of ketones is 1. The third kappa shape index (κ3) is 6.60. The monoisotopic (exact) mass is 217 g/mol. The normalized spacial score (nSPS) is 12.1. The molecule has 0 spiro atoms. The van der Waals surface area contributed by atoms with Gasteiger partial charge in [-0.1, -0.05) is 20.8 Å².